The molecule has 0 amide bonds. The molecule has 1 heterocycles. The highest BCUT2D eigenvalue weighted by atomic mass is 32.2. The van der Waals surface area contributed by atoms with Gasteiger partial charge in [0, 0.05) is 23.7 Å². The number of nitrogens with zero attached hydrogens (tertiary/aromatic N) is 1. The minimum Gasteiger partial charge on any atom is -0.493 e. The predicted octanol–water partition coefficient (Wildman–Crippen LogP) is 4.94. The highest BCUT2D eigenvalue weighted by Crippen LogP contribution is 2.41. The monoisotopic (exact) mass is 453 g/mol. The number of thioether (sulfide) groups is 1. The summed E-state index contributed by atoms with van der Waals surface area (Å²) in [6, 6.07) is 20.9. The molecule has 3 aromatic carbocycles. The van der Waals surface area contributed by atoms with Crippen LogP contribution < -0.4 is 9.47 Å². The number of β-amino-alcohol motifs (C(OH)–C–C–N with tert-alkyl or cyclic N) is 1. The highest BCUT2D eigenvalue weighted by molar-refractivity contribution is 7.99. The molecule has 2 unspecified atom stereocenters. The van der Waals surface area contributed by atoms with Gasteiger partial charge in [-0.15, -0.1) is 11.8 Å². The minimum absolute atomic E-state index is 0.0187. The van der Waals surface area contributed by atoms with Gasteiger partial charge in [-0.3, -0.25) is 4.90 Å². The van der Waals surface area contributed by atoms with Crippen LogP contribution >= 0.6 is 11.8 Å². The average Bonchev–Trinajstić information content (AvgIpc) is 2.83. The molecule has 0 saturated carbocycles. The number of hydrogen-bond acceptors (Lipinski definition) is 5. The number of aliphatic hydroxyl groups is 1. The van der Waals surface area contributed by atoms with Gasteiger partial charge >= 0.3 is 0 Å². The Bertz CT molecular complexity index is 1030. The lowest BCUT2D eigenvalue weighted by Gasteiger charge is -2.39. The zero-order valence-electron chi connectivity index (χ0n) is 18.3. The summed E-state index contributed by atoms with van der Waals surface area (Å²) < 4.78 is 24.2. The molecule has 0 bridgehead atoms. The van der Waals surface area contributed by atoms with E-state index in [1.807, 2.05) is 18.2 Å². The molecule has 2 atom stereocenters. The van der Waals surface area contributed by atoms with Crippen LogP contribution in [0, 0.1) is 5.82 Å². The summed E-state index contributed by atoms with van der Waals surface area (Å²) in [5.41, 5.74) is 3.60. The second-order valence-corrected chi connectivity index (χ2v) is 8.98. The standard InChI is InChI=1S/C26H28FNO3S/c1-30-24-14-19-12-13-28(16-21(29)17-32-22-10-8-20(27)9-11-22)26(18-6-4-3-5-7-18)23(19)15-25(24)31-2/h3-11,14-15,21,26,29H,12-13,16-17H2,1-2H3. The maximum Gasteiger partial charge on any atom is 0.161 e. The first-order chi connectivity index (χ1) is 15.6. The lowest BCUT2D eigenvalue weighted by atomic mass is 9.87. The van der Waals surface area contributed by atoms with E-state index in [0.29, 0.717) is 18.0 Å². The molecule has 6 heteroatoms. The van der Waals surface area contributed by atoms with E-state index in [1.54, 1.807) is 26.4 Å². The molecule has 0 aromatic heterocycles. The summed E-state index contributed by atoms with van der Waals surface area (Å²) in [4.78, 5) is 3.28. The van der Waals surface area contributed by atoms with Crippen LogP contribution in [0.4, 0.5) is 4.39 Å². The average molecular weight is 454 g/mol. The van der Waals surface area contributed by atoms with Gasteiger partial charge in [-0.2, -0.15) is 0 Å². The zero-order chi connectivity index (χ0) is 22.5. The number of rotatable bonds is 8. The van der Waals surface area contributed by atoms with Gasteiger partial charge in [0.1, 0.15) is 5.82 Å². The summed E-state index contributed by atoms with van der Waals surface area (Å²) in [7, 11) is 3.31. The number of hydrogen-bond donors (Lipinski definition) is 1. The third kappa shape index (κ3) is 5.09. The van der Waals surface area contributed by atoms with Crippen molar-refractivity contribution in [2.24, 2.45) is 0 Å². The Morgan fingerprint density at radius 1 is 1.03 bits per heavy atom. The zero-order valence-corrected chi connectivity index (χ0v) is 19.1. The molecule has 4 rings (SSSR count). The molecule has 1 N–H and O–H groups in total. The Labute approximate surface area is 193 Å². The molecule has 1 aliphatic heterocycles. The Morgan fingerprint density at radius 2 is 1.72 bits per heavy atom. The molecule has 1 aliphatic rings. The van der Waals surface area contributed by atoms with Crippen molar-refractivity contribution in [3.05, 3.63) is 89.2 Å². The molecular weight excluding hydrogens is 425 g/mol. The lowest BCUT2D eigenvalue weighted by molar-refractivity contribution is 0.107. The van der Waals surface area contributed by atoms with E-state index < -0.39 is 6.10 Å². The van der Waals surface area contributed by atoms with E-state index in [1.165, 1.54) is 40.6 Å². The van der Waals surface area contributed by atoms with Crippen LogP contribution in [0.3, 0.4) is 0 Å². The molecular formula is C26H28FNO3S. The summed E-state index contributed by atoms with van der Waals surface area (Å²) in [5, 5.41) is 10.8. The first-order valence-electron chi connectivity index (χ1n) is 10.7. The van der Waals surface area contributed by atoms with E-state index >= 15 is 0 Å². The number of halogens is 1. The van der Waals surface area contributed by atoms with Crippen LogP contribution in [0.5, 0.6) is 11.5 Å². The first-order valence-corrected chi connectivity index (χ1v) is 11.7. The van der Waals surface area contributed by atoms with Crippen molar-refractivity contribution in [3.8, 4) is 11.5 Å². The normalized spacial score (nSPS) is 16.9. The predicted molar refractivity (Wildman–Crippen MR) is 126 cm³/mol. The lowest BCUT2D eigenvalue weighted by Crippen LogP contribution is -2.41. The van der Waals surface area contributed by atoms with Crippen molar-refractivity contribution >= 4 is 11.8 Å². The summed E-state index contributed by atoms with van der Waals surface area (Å²) in [6.45, 7) is 1.38. The first kappa shape index (κ1) is 22.6. The van der Waals surface area contributed by atoms with Gasteiger partial charge in [-0.1, -0.05) is 30.3 Å². The minimum atomic E-state index is -0.516. The maximum atomic E-state index is 13.1. The smallest absolute Gasteiger partial charge is 0.161 e. The van der Waals surface area contributed by atoms with Crippen molar-refractivity contribution in [1.82, 2.24) is 4.90 Å². The fourth-order valence-electron chi connectivity index (χ4n) is 4.27. The van der Waals surface area contributed by atoms with Crippen LogP contribution in [-0.4, -0.2) is 49.2 Å². The van der Waals surface area contributed by atoms with Gasteiger partial charge in [-0.25, -0.2) is 4.39 Å². The van der Waals surface area contributed by atoms with Gasteiger partial charge in [0.2, 0.25) is 0 Å². The summed E-state index contributed by atoms with van der Waals surface area (Å²) in [6.07, 6.45) is 0.356. The number of benzene rings is 3. The number of methoxy groups -OCH3 is 2. The molecule has 0 saturated heterocycles. The molecule has 0 aliphatic carbocycles. The van der Waals surface area contributed by atoms with Gasteiger partial charge in [0.15, 0.2) is 11.5 Å². The van der Waals surface area contributed by atoms with Crippen molar-refractivity contribution in [3.63, 3.8) is 0 Å². The molecule has 4 nitrogen and oxygen atoms in total. The number of ether oxygens (including phenoxy) is 2. The Hall–Kier alpha value is -2.54. The van der Waals surface area contributed by atoms with E-state index in [0.717, 1.165) is 23.6 Å². The van der Waals surface area contributed by atoms with E-state index in [9.17, 15) is 9.50 Å². The third-order valence-corrected chi connectivity index (χ3v) is 6.95. The second kappa shape index (κ2) is 10.4. The summed E-state index contributed by atoms with van der Waals surface area (Å²) in [5.74, 6) is 1.74. The molecule has 168 valence electrons. The SMILES string of the molecule is COc1cc2c(cc1OC)C(c1ccccc1)N(CC(O)CSc1ccc(F)cc1)CC2. The largest absolute Gasteiger partial charge is 0.493 e. The van der Waals surface area contributed by atoms with Gasteiger partial charge in [0.05, 0.1) is 26.4 Å². The Balaban J connectivity index is 1.57. The topological polar surface area (TPSA) is 41.9 Å². The van der Waals surface area contributed by atoms with Gasteiger partial charge < -0.3 is 14.6 Å². The summed E-state index contributed by atoms with van der Waals surface area (Å²) >= 11 is 1.54. The van der Waals surface area contributed by atoms with Crippen molar-refractivity contribution in [1.29, 1.82) is 0 Å². The highest BCUT2D eigenvalue weighted by Gasteiger charge is 2.31. The van der Waals surface area contributed by atoms with Crippen molar-refractivity contribution < 1.29 is 19.0 Å². The molecule has 0 spiro atoms. The molecule has 0 radical (unpaired) electrons. The van der Waals surface area contributed by atoms with Crippen LogP contribution in [-0.2, 0) is 6.42 Å². The van der Waals surface area contributed by atoms with Crippen LogP contribution in [0.2, 0.25) is 0 Å². The fraction of sp³-hybridized carbons (Fsp3) is 0.308. The quantitative estimate of drug-likeness (QED) is 0.489. The number of fused-ring (bicyclic) bond motifs is 1. The Kier molecular flexibility index (Phi) is 7.35. The number of aliphatic hydroxyl groups excluding tert-OH is 1. The molecule has 32 heavy (non-hydrogen) atoms. The van der Waals surface area contributed by atoms with Crippen LogP contribution in [0.15, 0.2) is 71.6 Å². The van der Waals surface area contributed by atoms with Crippen LogP contribution in [0.1, 0.15) is 22.7 Å². The maximum absolute atomic E-state index is 13.1. The molecule has 0 fully saturated rings. The third-order valence-electron chi connectivity index (χ3n) is 5.79. The Morgan fingerprint density at radius 3 is 2.41 bits per heavy atom. The van der Waals surface area contributed by atoms with Crippen molar-refractivity contribution in [2.75, 3.05) is 33.1 Å². The van der Waals surface area contributed by atoms with E-state index in [-0.39, 0.29) is 11.9 Å². The van der Waals surface area contributed by atoms with Crippen LogP contribution in [0.25, 0.3) is 0 Å². The van der Waals surface area contributed by atoms with Crippen molar-refractivity contribution in [2.45, 2.75) is 23.5 Å². The van der Waals surface area contributed by atoms with E-state index in [4.69, 9.17) is 9.47 Å². The van der Waals surface area contributed by atoms with E-state index in [2.05, 4.69) is 29.2 Å². The van der Waals surface area contributed by atoms with Gasteiger partial charge in [-0.05, 0) is 59.5 Å². The van der Waals surface area contributed by atoms with Gasteiger partial charge in [0.25, 0.3) is 0 Å². The molecule has 3 aromatic rings. The fourth-order valence-corrected chi connectivity index (χ4v) is 5.09. The second-order valence-electron chi connectivity index (χ2n) is 7.88.